The average molecular weight is 435 g/mol. The average Bonchev–Trinajstić information content (AvgIpc) is 2.85. The molecule has 0 aromatic heterocycles. The standard InChI is InChI=1S/C17H26O.C13H16O/c1-3-4-5-6-7-8-15-9-10-16-11-14(2)13-18-17(16)12-15;14-10-11-6-8-13(9-7-11)12-4-2-1-3-5-12/h9-10,12,14H,3-8,11,13H2,1-2H3;6-10,12H,1-5H2/t14-;/m1./s1. The van der Waals surface area contributed by atoms with Crippen LogP contribution in [-0.2, 0) is 12.8 Å². The minimum absolute atomic E-state index is 0.664. The summed E-state index contributed by atoms with van der Waals surface area (Å²) in [6.07, 6.45) is 16.8. The molecule has 0 bridgehead atoms. The summed E-state index contributed by atoms with van der Waals surface area (Å²) in [4.78, 5) is 10.5. The van der Waals surface area contributed by atoms with E-state index in [1.165, 1.54) is 93.7 Å². The zero-order valence-corrected chi connectivity index (χ0v) is 20.3. The van der Waals surface area contributed by atoms with Crippen molar-refractivity contribution in [2.45, 2.75) is 96.8 Å². The molecular formula is C30H42O2. The Labute approximate surface area is 195 Å². The van der Waals surface area contributed by atoms with Crippen LogP contribution >= 0.6 is 0 Å². The summed E-state index contributed by atoms with van der Waals surface area (Å²) in [5.74, 6) is 2.54. The Morgan fingerprint density at radius 3 is 2.41 bits per heavy atom. The zero-order valence-electron chi connectivity index (χ0n) is 20.3. The minimum atomic E-state index is 0.664. The van der Waals surface area contributed by atoms with Gasteiger partial charge in [-0.2, -0.15) is 0 Å². The lowest BCUT2D eigenvalue weighted by molar-refractivity contribution is 0.112. The third-order valence-electron chi connectivity index (χ3n) is 6.94. The number of unbranched alkanes of at least 4 members (excludes halogenated alkanes) is 4. The predicted octanol–water partition coefficient (Wildman–Crippen LogP) is 8.32. The number of aryl methyl sites for hydroxylation is 1. The van der Waals surface area contributed by atoms with Crippen LogP contribution in [0.2, 0.25) is 0 Å². The minimum Gasteiger partial charge on any atom is -0.493 e. The van der Waals surface area contributed by atoms with Crippen LogP contribution in [0, 0.1) is 5.92 Å². The number of benzene rings is 2. The van der Waals surface area contributed by atoms with Gasteiger partial charge in [0, 0.05) is 5.56 Å². The van der Waals surface area contributed by atoms with E-state index in [9.17, 15) is 4.79 Å². The number of ether oxygens (including phenoxy) is 1. The first-order valence-corrected chi connectivity index (χ1v) is 13.0. The van der Waals surface area contributed by atoms with Crippen LogP contribution in [0.1, 0.15) is 111 Å². The van der Waals surface area contributed by atoms with Gasteiger partial charge in [-0.1, -0.05) is 95.2 Å². The number of aldehydes is 1. The van der Waals surface area contributed by atoms with Crippen molar-refractivity contribution in [3.05, 3.63) is 64.7 Å². The van der Waals surface area contributed by atoms with Gasteiger partial charge in [0.05, 0.1) is 6.61 Å². The lowest BCUT2D eigenvalue weighted by Crippen LogP contribution is -2.18. The number of carbonyl (C=O) groups is 1. The molecule has 2 nitrogen and oxygen atoms in total. The van der Waals surface area contributed by atoms with Gasteiger partial charge in [0.25, 0.3) is 0 Å². The quantitative estimate of drug-likeness (QED) is 0.308. The van der Waals surface area contributed by atoms with Gasteiger partial charge in [-0.3, -0.25) is 4.79 Å². The van der Waals surface area contributed by atoms with E-state index in [1.807, 2.05) is 12.1 Å². The van der Waals surface area contributed by atoms with Crippen molar-refractivity contribution < 1.29 is 9.53 Å². The molecule has 1 atom stereocenters. The van der Waals surface area contributed by atoms with Crippen molar-refractivity contribution in [2.75, 3.05) is 6.61 Å². The topological polar surface area (TPSA) is 26.3 Å². The van der Waals surface area contributed by atoms with Crippen molar-refractivity contribution in [3.8, 4) is 5.75 Å². The molecular weight excluding hydrogens is 392 g/mol. The van der Waals surface area contributed by atoms with Crippen molar-refractivity contribution >= 4 is 6.29 Å². The van der Waals surface area contributed by atoms with Gasteiger partial charge < -0.3 is 4.74 Å². The largest absolute Gasteiger partial charge is 0.493 e. The smallest absolute Gasteiger partial charge is 0.150 e. The van der Waals surface area contributed by atoms with Crippen LogP contribution in [0.4, 0.5) is 0 Å². The first-order valence-electron chi connectivity index (χ1n) is 13.0. The lowest BCUT2D eigenvalue weighted by Gasteiger charge is -2.23. The number of rotatable bonds is 8. The molecule has 0 amide bonds. The van der Waals surface area contributed by atoms with Crippen molar-refractivity contribution in [1.82, 2.24) is 0 Å². The molecule has 2 heteroatoms. The fourth-order valence-electron chi connectivity index (χ4n) is 4.94. The van der Waals surface area contributed by atoms with Gasteiger partial charge in [0.2, 0.25) is 0 Å². The van der Waals surface area contributed by atoms with Crippen LogP contribution in [0.15, 0.2) is 42.5 Å². The molecule has 2 aliphatic rings. The highest BCUT2D eigenvalue weighted by Crippen LogP contribution is 2.32. The molecule has 0 spiro atoms. The molecule has 1 fully saturated rings. The maximum atomic E-state index is 10.5. The second-order valence-corrected chi connectivity index (χ2v) is 9.85. The van der Waals surface area contributed by atoms with E-state index in [1.54, 1.807) is 0 Å². The van der Waals surface area contributed by atoms with Crippen molar-refractivity contribution in [3.63, 3.8) is 0 Å². The Bertz CT molecular complexity index is 802. The second kappa shape index (κ2) is 13.5. The predicted molar refractivity (Wildman–Crippen MR) is 135 cm³/mol. The van der Waals surface area contributed by atoms with Gasteiger partial charge in [0.15, 0.2) is 0 Å². The molecule has 1 aliphatic heterocycles. The molecule has 0 unspecified atom stereocenters. The number of hydrogen-bond acceptors (Lipinski definition) is 2. The second-order valence-electron chi connectivity index (χ2n) is 9.85. The van der Waals surface area contributed by atoms with E-state index in [0.717, 1.165) is 30.1 Å². The number of hydrogen-bond donors (Lipinski definition) is 0. The first-order chi connectivity index (χ1) is 15.7. The Balaban J connectivity index is 0.000000186. The van der Waals surface area contributed by atoms with Gasteiger partial charge in [-0.15, -0.1) is 0 Å². The Morgan fingerprint density at radius 2 is 1.69 bits per heavy atom. The van der Waals surface area contributed by atoms with E-state index < -0.39 is 0 Å². The van der Waals surface area contributed by atoms with Crippen LogP contribution in [0.5, 0.6) is 5.75 Å². The van der Waals surface area contributed by atoms with Crippen molar-refractivity contribution in [2.24, 2.45) is 5.92 Å². The van der Waals surface area contributed by atoms with Crippen LogP contribution in [0.25, 0.3) is 0 Å². The van der Waals surface area contributed by atoms with E-state index in [2.05, 4.69) is 44.2 Å². The molecule has 1 saturated carbocycles. The van der Waals surface area contributed by atoms with Gasteiger partial charge in [-0.25, -0.2) is 0 Å². The molecule has 1 heterocycles. The van der Waals surface area contributed by atoms with E-state index in [4.69, 9.17) is 4.74 Å². The summed E-state index contributed by atoms with van der Waals surface area (Å²) in [7, 11) is 0. The van der Waals surface area contributed by atoms with Gasteiger partial charge in [0.1, 0.15) is 12.0 Å². The number of carbonyl (C=O) groups excluding carboxylic acids is 1. The molecule has 4 rings (SSSR count). The fourth-order valence-corrected chi connectivity index (χ4v) is 4.94. The maximum absolute atomic E-state index is 10.5. The van der Waals surface area contributed by atoms with E-state index in [-0.39, 0.29) is 0 Å². The Hall–Kier alpha value is -2.09. The van der Waals surface area contributed by atoms with Gasteiger partial charge >= 0.3 is 0 Å². The SMILES string of the molecule is CCCCCCCc1ccc2c(c1)OC[C@H](C)C2.O=Cc1ccc(C2CCCCC2)cc1. The van der Waals surface area contributed by atoms with E-state index >= 15 is 0 Å². The molecule has 0 N–H and O–H groups in total. The summed E-state index contributed by atoms with van der Waals surface area (Å²) in [5, 5.41) is 0. The highest BCUT2D eigenvalue weighted by molar-refractivity contribution is 5.74. The Kier molecular flexibility index (Phi) is 10.3. The summed E-state index contributed by atoms with van der Waals surface area (Å²) in [5.41, 5.74) is 5.03. The maximum Gasteiger partial charge on any atom is 0.150 e. The normalized spacial score (nSPS) is 18.1. The fraction of sp³-hybridized carbons (Fsp3) is 0.567. The monoisotopic (exact) mass is 434 g/mol. The highest BCUT2D eigenvalue weighted by Gasteiger charge is 2.16. The summed E-state index contributed by atoms with van der Waals surface area (Å²) in [6.45, 7) is 5.40. The highest BCUT2D eigenvalue weighted by atomic mass is 16.5. The molecule has 2 aromatic carbocycles. The third kappa shape index (κ3) is 7.80. The molecule has 0 saturated heterocycles. The van der Waals surface area contributed by atoms with E-state index in [0.29, 0.717) is 5.92 Å². The number of fused-ring (bicyclic) bond motifs is 1. The summed E-state index contributed by atoms with van der Waals surface area (Å²) in [6, 6.07) is 14.9. The zero-order chi connectivity index (χ0) is 22.6. The van der Waals surface area contributed by atoms with Crippen molar-refractivity contribution in [1.29, 1.82) is 0 Å². The lowest BCUT2D eigenvalue weighted by atomic mass is 9.84. The molecule has 2 aromatic rings. The Morgan fingerprint density at radius 1 is 0.938 bits per heavy atom. The molecule has 174 valence electrons. The molecule has 0 radical (unpaired) electrons. The third-order valence-corrected chi connectivity index (χ3v) is 6.94. The molecule has 32 heavy (non-hydrogen) atoms. The van der Waals surface area contributed by atoms with Crippen LogP contribution < -0.4 is 4.74 Å². The van der Waals surface area contributed by atoms with Crippen LogP contribution in [0.3, 0.4) is 0 Å². The van der Waals surface area contributed by atoms with Crippen LogP contribution in [-0.4, -0.2) is 12.9 Å². The summed E-state index contributed by atoms with van der Waals surface area (Å²) >= 11 is 0. The first kappa shape index (κ1) is 24.6. The molecule has 1 aliphatic carbocycles. The van der Waals surface area contributed by atoms with Gasteiger partial charge in [-0.05, 0) is 66.7 Å². The summed E-state index contributed by atoms with van der Waals surface area (Å²) < 4.78 is 5.82.